The van der Waals surface area contributed by atoms with Crippen LogP contribution in [0, 0.1) is 0 Å². The topological polar surface area (TPSA) is 108 Å². The molecule has 1 aliphatic heterocycles. The molecule has 0 saturated heterocycles. The van der Waals surface area contributed by atoms with Crippen LogP contribution in [0.5, 0.6) is 0 Å². The fourth-order valence-corrected chi connectivity index (χ4v) is 2.95. The molecule has 0 unspecified atom stereocenters. The van der Waals surface area contributed by atoms with Crippen LogP contribution in [0.1, 0.15) is 31.8 Å². The Kier molecular flexibility index (Phi) is 12.8. The smallest absolute Gasteiger partial charge is 0.339 e. The Hall–Kier alpha value is -2.08. The molecule has 0 N–H and O–H groups in total. The van der Waals surface area contributed by atoms with E-state index in [0.29, 0.717) is 77.2 Å². The summed E-state index contributed by atoms with van der Waals surface area (Å²) in [5.41, 5.74) is 1.40. The maximum atomic E-state index is 12.4. The Balaban J connectivity index is 2.14. The molecule has 0 atom stereocenters. The minimum absolute atomic E-state index is 0.0859. The highest BCUT2D eigenvalue weighted by molar-refractivity contribution is 6.04. The van der Waals surface area contributed by atoms with E-state index in [1.165, 1.54) is 14.2 Å². The van der Waals surface area contributed by atoms with Crippen LogP contribution in [0.15, 0.2) is 12.1 Å². The summed E-state index contributed by atoms with van der Waals surface area (Å²) in [5.74, 6) is -1.29. The number of fused-ring (bicyclic) bond motifs is 2. The zero-order valence-corrected chi connectivity index (χ0v) is 18.7. The molecule has 0 fully saturated rings. The molecule has 0 aromatic heterocycles. The zero-order chi connectivity index (χ0) is 23.0. The first-order valence-electron chi connectivity index (χ1n) is 10.5. The quantitative estimate of drug-likeness (QED) is 0.606. The van der Waals surface area contributed by atoms with Crippen LogP contribution in [-0.2, 0) is 51.1 Å². The Morgan fingerprint density at radius 2 is 1.06 bits per heavy atom. The van der Waals surface area contributed by atoms with E-state index in [1.807, 2.05) is 0 Å². The van der Waals surface area contributed by atoms with Crippen molar-refractivity contribution in [2.75, 3.05) is 80.3 Å². The van der Waals surface area contributed by atoms with E-state index in [0.717, 1.165) is 0 Å². The van der Waals surface area contributed by atoms with E-state index < -0.39 is 11.9 Å². The number of esters is 2. The number of rotatable bonds is 2. The monoisotopic (exact) mass is 456 g/mol. The van der Waals surface area contributed by atoms with Crippen molar-refractivity contribution in [2.45, 2.75) is 13.2 Å². The highest BCUT2D eigenvalue weighted by Crippen LogP contribution is 2.22. The second-order valence-corrected chi connectivity index (χ2v) is 6.72. The SMILES string of the molecule is COC(=O)c1cc2cc(c1C(=O)OC)COCCOCCOCCOCCOCCOC2. The van der Waals surface area contributed by atoms with Crippen molar-refractivity contribution in [3.05, 3.63) is 34.4 Å². The van der Waals surface area contributed by atoms with Crippen LogP contribution in [0.4, 0.5) is 0 Å². The Morgan fingerprint density at radius 1 is 0.625 bits per heavy atom. The Labute approximate surface area is 187 Å². The highest BCUT2D eigenvalue weighted by atomic mass is 16.6. The largest absolute Gasteiger partial charge is 0.465 e. The Morgan fingerprint density at radius 3 is 1.53 bits per heavy atom. The van der Waals surface area contributed by atoms with E-state index in [2.05, 4.69) is 0 Å². The van der Waals surface area contributed by atoms with E-state index >= 15 is 0 Å². The molecule has 1 aliphatic rings. The second-order valence-electron chi connectivity index (χ2n) is 6.72. The number of carbonyl (C=O) groups is 2. The van der Waals surface area contributed by atoms with Crippen molar-refractivity contribution in [3.63, 3.8) is 0 Å². The van der Waals surface area contributed by atoms with Crippen molar-refractivity contribution in [2.24, 2.45) is 0 Å². The molecule has 0 spiro atoms. The molecule has 10 heteroatoms. The molecule has 1 heterocycles. The minimum Gasteiger partial charge on any atom is -0.465 e. The standard InChI is InChI=1S/C22H32O10/c1-25-21(23)19-14-17-13-18(20(19)22(24)26-2)16-32-12-10-30-8-6-28-4-3-27-5-7-29-9-11-31-15-17/h13-14H,3-12,15-16H2,1-2H3. The highest BCUT2D eigenvalue weighted by Gasteiger charge is 2.24. The fourth-order valence-electron chi connectivity index (χ4n) is 2.95. The van der Waals surface area contributed by atoms with Gasteiger partial charge in [-0.3, -0.25) is 0 Å². The third kappa shape index (κ3) is 9.19. The third-order valence-corrected chi connectivity index (χ3v) is 4.46. The summed E-state index contributed by atoms with van der Waals surface area (Å²) in [4.78, 5) is 24.7. The van der Waals surface area contributed by atoms with Crippen molar-refractivity contribution >= 4 is 11.9 Å². The summed E-state index contributed by atoms with van der Waals surface area (Å²) in [7, 11) is 2.50. The predicted octanol–water partition coefficient (Wildman–Crippen LogP) is 1.37. The van der Waals surface area contributed by atoms with Gasteiger partial charge in [0.1, 0.15) is 0 Å². The second kappa shape index (κ2) is 15.7. The summed E-state index contributed by atoms with van der Waals surface area (Å²) in [6.45, 7) is 4.50. The van der Waals surface area contributed by atoms with Gasteiger partial charge in [-0.2, -0.15) is 0 Å². The number of hydrogen-bond acceptors (Lipinski definition) is 10. The van der Waals surface area contributed by atoms with Gasteiger partial charge in [0, 0.05) is 0 Å². The number of carbonyl (C=O) groups excluding carboxylic acids is 2. The normalized spacial score (nSPS) is 18.2. The molecule has 2 rings (SSSR count). The molecule has 0 radical (unpaired) electrons. The first-order valence-corrected chi connectivity index (χ1v) is 10.5. The van der Waals surface area contributed by atoms with E-state index in [-0.39, 0.29) is 24.3 Å². The fraction of sp³-hybridized carbons (Fsp3) is 0.636. The summed E-state index contributed by atoms with van der Waals surface area (Å²) < 4.78 is 42.8. The molecule has 0 saturated carbocycles. The van der Waals surface area contributed by atoms with Crippen LogP contribution < -0.4 is 0 Å². The molecule has 1 aromatic carbocycles. The summed E-state index contributed by atoms with van der Waals surface area (Å²) >= 11 is 0. The van der Waals surface area contributed by atoms with Crippen molar-refractivity contribution < 1.29 is 47.5 Å². The lowest BCUT2D eigenvalue weighted by molar-refractivity contribution is -0.0182. The number of ether oxygens (including phenoxy) is 8. The maximum absolute atomic E-state index is 12.4. The lowest BCUT2D eigenvalue weighted by Gasteiger charge is -2.15. The zero-order valence-electron chi connectivity index (χ0n) is 18.7. The molecule has 0 aliphatic carbocycles. The van der Waals surface area contributed by atoms with E-state index in [4.69, 9.17) is 37.9 Å². The Bertz CT molecular complexity index is 706. The summed E-state index contributed by atoms with van der Waals surface area (Å²) in [5, 5.41) is 0. The molecule has 0 amide bonds. The molecular weight excluding hydrogens is 424 g/mol. The van der Waals surface area contributed by atoms with Gasteiger partial charge < -0.3 is 37.9 Å². The lowest BCUT2D eigenvalue weighted by atomic mass is 9.97. The van der Waals surface area contributed by atoms with Crippen LogP contribution in [0.25, 0.3) is 0 Å². The van der Waals surface area contributed by atoms with Gasteiger partial charge in [-0.1, -0.05) is 6.07 Å². The number of hydrogen-bond donors (Lipinski definition) is 0. The van der Waals surface area contributed by atoms with E-state index in [9.17, 15) is 9.59 Å². The van der Waals surface area contributed by atoms with Gasteiger partial charge in [-0.15, -0.1) is 0 Å². The molecule has 2 bridgehead atoms. The van der Waals surface area contributed by atoms with Gasteiger partial charge in [0.2, 0.25) is 0 Å². The van der Waals surface area contributed by atoms with Gasteiger partial charge in [0.05, 0.1) is 105 Å². The first kappa shape index (κ1) is 26.2. The van der Waals surface area contributed by atoms with Gasteiger partial charge in [-0.05, 0) is 17.2 Å². The molecule has 32 heavy (non-hydrogen) atoms. The van der Waals surface area contributed by atoms with Gasteiger partial charge in [0.25, 0.3) is 0 Å². The van der Waals surface area contributed by atoms with Gasteiger partial charge in [-0.25, -0.2) is 9.59 Å². The van der Waals surface area contributed by atoms with Crippen molar-refractivity contribution in [1.29, 1.82) is 0 Å². The van der Waals surface area contributed by atoms with Crippen LogP contribution in [0.3, 0.4) is 0 Å². The average Bonchev–Trinajstić information content (AvgIpc) is 2.81. The predicted molar refractivity (Wildman–Crippen MR) is 112 cm³/mol. The minimum atomic E-state index is -0.648. The third-order valence-electron chi connectivity index (χ3n) is 4.46. The average molecular weight is 456 g/mol. The van der Waals surface area contributed by atoms with Gasteiger partial charge >= 0.3 is 11.9 Å². The first-order chi connectivity index (χ1) is 15.7. The van der Waals surface area contributed by atoms with E-state index in [1.54, 1.807) is 12.1 Å². The van der Waals surface area contributed by atoms with Crippen LogP contribution >= 0.6 is 0 Å². The molecule has 10 nitrogen and oxygen atoms in total. The van der Waals surface area contributed by atoms with Gasteiger partial charge in [0.15, 0.2) is 0 Å². The van der Waals surface area contributed by atoms with Crippen molar-refractivity contribution in [1.82, 2.24) is 0 Å². The summed E-state index contributed by atoms with van der Waals surface area (Å²) in [6, 6.07) is 3.32. The van der Waals surface area contributed by atoms with Crippen LogP contribution in [0.2, 0.25) is 0 Å². The summed E-state index contributed by atoms with van der Waals surface area (Å²) in [6.07, 6.45) is 0. The molecule has 1 aromatic rings. The molecule has 180 valence electrons. The number of methoxy groups -OCH3 is 2. The van der Waals surface area contributed by atoms with Crippen molar-refractivity contribution in [3.8, 4) is 0 Å². The molecular formula is C22H32O10. The van der Waals surface area contributed by atoms with Crippen LogP contribution in [-0.4, -0.2) is 92.2 Å². The lowest BCUT2D eigenvalue weighted by Crippen LogP contribution is -2.17. The maximum Gasteiger partial charge on any atom is 0.339 e. The number of benzene rings is 1.